The highest BCUT2D eigenvalue weighted by molar-refractivity contribution is 5.89. The Morgan fingerprint density at radius 1 is 0.909 bits per heavy atom. The zero-order valence-corrected chi connectivity index (χ0v) is 24.9. The smallest absolute Gasteiger partial charge is 0.337 e. The van der Waals surface area contributed by atoms with Crippen LogP contribution in [0.5, 0.6) is 0 Å². The van der Waals surface area contributed by atoms with E-state index in [1.807, 2.05) is 4.90 Å². The molecule has 0 amide bonds. The number of aromatic nitrogens is 4. The third-order valence-electron chi connectivity index (χ3n) is 7.68. The number of rotatable bonds is 8. The molecule has 0 unspecified atom stereocenters. The van der Waals surface area contributed by atoms with Crippen LogP contribution in [0.25, 0.3) is 11.2 Å². The molecule has 1 atom stereocenters. The van der Waals surface area contributed by atoms with Crippen LogP contribution in [-0.4, -0.2) is 64.0 Å². The van der Waals surface area contributed by atoms with E-state index in [2.05, 4.69) is 11.8 Å². The molecule has 44 heavy (non-hydrogen) atoms. The predicted molar refractivity (Wildman–Crippen MR) is 165 cm³/mol. The van der Waals surface area contributed by atoms with Gasteiger partial charge in [-0.3, -0.25) is 18.5 Å². The standard InChI is InChI=1S/C32H34N6O6/c1-4-5-17-36-26-27(34-31(36)35-16-6-7-25(33)20-35)37(18-21-8-12-23(13-9-21)29(40)43-2)32(42)38(28(26)39)19-22-10-14-24(15-11-22)30(41)44-3/h8-15,25H,6-7,16-20,33H2,1-3H3/t25-/m1/s1. The molecule has 228 valence electrons. The number of methoxy groups -OCH3 is 2. The predicted octanol–water partition coefficient (Wildman–Crippen LogP) is 1.98. The lowest BCUT2D eigenvalue weighted by Crippen LogP contribution is -2.44. The maximum Gasteiger partial charge on any atom is 0.337 e. The highest BCUT2D eigenvalue weighted by Gasteiger charge is 2.27. The van der Waals surface area contributed by atoms with Crippen LogP contribution in [-0.2, 0) is 29.1 Å². The van der Waals surface area contributed by atoms with Gasteiger partial charge in [0.05, 0.1) is 45.0 Å². The van der Waals surface area contributed by atoms with Crippen LogP contribution in [0.2, 0.25) is 0 Å². The van der Waals surface area contributed by atoms with E-state index in [0.29, 0.717) is 35.7 Å². The summed E-state index contributed by atoms with van der Waals surface area (Å²) in [4.78, 5) is 59.0. The van der Waals surface area contributed by atoms with Crippen molar-refractivity contribution in [3.63, 3.8) is 0 Å². The van der Waals surface area contributed by atoms with E-state index in [9.17, 15) is 19.2 Å². The minimum atomic E-state index is -0.551. The lowest BCUT2D eigenvalue weighted by molar-refractivity contribution is 0.0592. The van der Waals surface area contributed by atoms with Gasteiger partial charge in [-0.05, 0) is 55.2 Å². The molecule has 0 radical (unpaired) electrons. The number of esters is 2. The van der Waals surface area contributed by atoms with Gasteiger partial charge < -0.3 is 20.1 Å². The van der Waals surface area contributed by atoms with Gasteiger partial charge in [-0.25, -0.2) is 14.4 Å². The zero-order chi connectivity index (χ0) is 31.4. The fraction of sp³-hybridized carbons (Fsp3) is 0.344. The monoisotopic (exact) mass is 598 g/mol. The maximum absolute atomic E-state index is 14.1. The Balaban J connectivity index is 1.69. The fourth-order valence-electron chi connectivity index (χ4n) is 5.40. The molecule has 1 fully saturated rings. The first kappa shape index (κ1) is 30.3. The SMILES string of the molecule is CC#CCn1c(N2CCC[C@@H](N)C2)nc2c1c(=O)n(Cc1ccc(C(=O)OC)cc1)c(=O)n2Cc1ccc(C(=O)OC)cc1. The second-order valence-electron chi connectivity index (χ2n) is 10.6. The minimum Gasteiger partial charge on any atom is -0.465 e. The summed E-state index contributed by atoms with van der Waals surface area (Å²) in [5, 5.41) is 0. The number of nitrogens with zero attached hydrogens (tertiary/aromatic N) is 5. The quantitative estimate of drug-likeness (QED) is 0.238. The third kappa shape index (κ3) is 6.00. The molecule has 2 aromatic carbocycles. The number of ether oxygens (including phenoxy) is 2. The summed E-state index contributed by atoms with van der Waals surface area (Å²) >= 11 is 0. The summed E-state index contributed by atoms with van der Waals surface area (Å²) in [6, 6.07) is 13.2. The number of nitrogens with two attached hydrogens (primary N) is 1. The molecule has 4 aromatic rings. The normalized spacial score (nSPS) is 14.6. The molecule has 3 heterocycles. The van der Waals surface area contributed by atoms with Gasteiger partial charge in [0.15, 0.2) is 11.2 Å². The minimum absolute atomic E-state index is 0.0368. The van der Waals surface area contributed by atoms with Crippen LogP contribution in [0.15, 0.2) is 58.1 Å². The van der Waals surface area contributed by atoms with Crippen LogP contribution in [0, 0.1) is 11.8 Å². The third-order valence-corrected chi connectivity index (χ3v) is 7.68. The van der Waals surface area contributed by atoms with Crippen molar-refractivity contribution in [1.29, 1.82) is 0 Å². The first-order chi connectivity index (χ1) is 21.2. The van der Waals surface area contributed by atoms with Crippen LogP contribution < -0.4 is 21.9 Å². The lowest BCUT2D eigenvalue weighted by Gasteiger charge is -2.31. The van der Waals surface area contributed by atoms with E-state index < -0.39 is 23.2 Å². The van der Waals surface area contributed by atoms with Crippen LogP contribution in [0.4, 0.5) is 5.95 Å². The van der Waals surface area contributed by atoms with E-state index in [1.165, 1.54) is 23.4 Å². The summed E-state index contributed by atoms with van der Waals surface area (Å²) in [5.74, 6) is 5.52. The molecule has 0 spiro atoms. The molecule has 1 aliphatic rings. The Kier molecular flexibility index (Phi) is 8.96. The second-order valence-corrected chi connectivity index (χ2v) is 10.6. The van der Waals surface area contributed by atoms with Crippen LogP contribution in [0.3, 0.4) is 0 Å². The van der Waals surface area contributed by atoms with Gasteiger partial charge in [0, 0.05) is 19.1 Å². The molecule has 2 N–H and O–H groups in total. The lowest BCUT2D eigenvalue weighted by atomic mass is 10.1. The van der Waals surface area contributed by atoms with Gasteiger partial charge in [-0.1, -0.05) is 30.2 Å². The topological polar surface area (TPSA) is 144 Å². The number of benzene rings is 2. The Hall–Kier alpha value is -5.15. The van der Waals surface area contributed by atoms with Crippen molar-refractivity contribution >= 4 is 29.1 Å². The molecule has 0 bridgehead atoms. The summed E-state index contributed by atoms with van der Waals surface area (Å²) in [7, 11) is 2.61. The Morgan fingerprint density at radius 2 is 1.48 bits per heavy atom. The van der Waals surface area contributed by atoms with Gasteiger partial charge in [0.1, 0.15) is 0 Å². The van der Waals surface area contributed by atoms with Gasteiger partial charge in [-0.2, -0.15) is 4.98 Å². The van der Waals surface area contributed by atoms with Crippen molar-refractivity contribution in [3.05, 3.63) is 91.6 Å². The largest absolute Gasteiger partial charge is 0.465 e. The molecule has 2 aromatic heterocycles. The molecular formula is C32H34N6O6. The number of carbonyl (C=O) groups is 2. The van der Waals surface area contributed by atoms with Crippen LogP contribution in [0.1, 0.15) is 51.6 Å². The summed E-state index contributed by atoms with van der Waals surface area (Å²) < 4.78 is 14.0. The van der Waals surface area contributed by atoms with Crippen molar-refractivity contribution in [2.24, 2.45) is 5.73 Å². The van der Waals surface area contributed by atoms with E-state index in [4.69, 9.17) is 20.2 Å². The Bertz CT molecular complexity index is 1880. The Labute approximate surface area is 253 Å². The molecule has 1 aliphatic heterocycles. The highest BCUT2D eigenvalue weighted by atomic mass is 16.5. The van der Waals surface area contributed by atoms with Crippen LogP contribution >= 0.6 is 0 Å². The number of piperidine rings is 1. The van der Waals surface area contributed by atoms with Crippen molar-refractivity contribution < 1.29 is 19.1 Å². The van der Waals surface area contributed by atoms with Crippen molar-refractivity contribution in [3.8, 4) is 11.8 Å². The average Bonchev–Trinajstić information content (AvgIpc) is 3.43. The first-order valence-electron chi connectivity index (χ1n) is 14.2. The summed E-state index contributed by atoms with van der Waals surface area (Å²) in [6.45, 7) is 3.24. The summed E-state index contributed by atoms with van der Waals surface area (Å²) in [5.41, 5.74) is 7.82. The first-order valence-corrected chi connectivity index (χ1v) is 14.2. The number of hydrogen-bond acceptors (Lipinski definition) is 9. The molecule has 0 saturated carbocycles. The average molecular weight is 599 g/mol. The maximum atomic E-state index is 14.1. The van der Waals surface area contributed by atoms with Crippen molar-refractivity contribution in [1.82, 2.24) is 18.7 Å². The summed E-state index contributed by atoms with van der Waals surface area (Å²) in [6.07, 6.45) is 1.76. The van der Waals surface area contributed by atoms with Gasteiger partial charge in [0.25, 0.3) is 5.56 Å². The molecule has 5 rings (SSSR count). The zero-order valence-electron chi connectivity index (χ0n) is 24.9. The number of imidazole rings is 1. The molecule has 12 heteroatoms. The highest BCUT2D eigenvalue weighted by Crippen LogP contribution is 2.24. The van der Waals surface area contributed by atoms with Gasteiger partial charge in [-0.15, -0.1) is 5.92 Å². The van der Waals surface area contributed by atoms with E-state index in [-0.39, 0.29) is 36.8 Å². The molecule has 1 saturated heterocycles. The second kappa shape index (κ2) is 13.0. The van der Waals surface area contributed by atoms with Crippen molar-refractivity contribution in [2.45, 2.75) is 45.4 Å². The van der Waals surface area contributed by atoms with E-state index in [0.717, 1.165) is 18.4 Å². The van der Waals surface area contributed by atoms with E-state index in [1.54, 1.807) is 60.0 Å². The Morgan fingerprint density at radius 3 is 2.00 bits per heavy atom. The van der Waals surface area contributed by atoms with Crippen molar-refractivity contribution in [2.75, 3.05) is 32.2 Å². The number of anilines is 1. The molecular weight excluding hydrogens is 564 g/mol. The molecule has 0 aliphatic carbocycles. The van der Waals surface area contributed by atoms with Gasteiger partial charge >= 0.3 is 17.6 Å². The fourth-order valence-corrected chi connectivity index (χ4v) is 5.40. The number of fused-ring (bicyclic) bond motifs is 1. The number of hydrogen-bond donors (Lipinski definition) is 1. The van der Waals surface area contributed by atoms with Gasteiger partial charge in [0.2, 0.25) is 5.95 Å². The number of carbonyl (C=O) groups excluding carboxylic acids is 2. The van der Waals surface area contributed by atoms with E-state index >= 15 is 0 Å². The molecule has 12 nitrogen and oxygen atoms in total.